The first kappa shape index (κ1) is 23.3. The van der Waals surface area contributed by atoms with Gasteiger partial charge in [0.15, 0.2) is 5.17 Å². The second-order valence-electron chi connectivity index (χ2n) is 8.12. The summed E-state index contributed by atoms with van der Waals surface area (Å²) in [7, 11) is 0. The number of aromatic nitrogens is 1. The van der Waals surface area contributed by atoms with Crippen LogP contribution >= 0.6 is 35.1 Å². The highest BCUT2D eigenvalue weighted by molar-refractivity contribution is 8.18. The molecule has 1 aromatic carbocycles. The summed E-state index contributed by atoms with van der Waals surface area (Å²) in [6.07, 6.45) is 3.58. The van der Waals surface area contributed by atoms with Gasteiger partial charge in [0.05, 0.1) is 9.93 Å². The van der Waals surface area contributed by atoms with Crippen molar-refractivity contribution in [2.24, 2.45) is 4.99 Å². The molecule has 0 radical (unpaired) electrons. The molecule has 0 spiro atoms. The summed E-state index contributed by atoms with van der Waals surface area (Å²) in [5.74, 6) is 2.71. The number of amidine groups is 1. The van der Waals surface area contributed by atoms with Crippen LogP contribution in [0.1, 0.15) is 15.9 Å². The highest BCUT2D eigenvalue weighted by Gasteiger charge is 2.27. The quantitative estimate of drug-likeness (QED) is 0.579. The molecule has 2 aromatic rings. The van der Waals surface area contributed by atoms with Crippen LogP contribution in [0.15, 0.2) is 52.5 Å². The third-order valence-corrected chi connectivity index (χ3v) is 8.23. The predicted molar refractivity (Wildman–Crippen MR) is 141 cm³/mol. The van der Waals surface area contributed by atoms with Crippen LogP contribution in [0.25, 0.3) is 6.08 Å². The number of aliphatic imine (C=N–C) groups is 1. The number of nitrogens with zero attached hydrogens (tertiary/aromatic N) is 5. The maximum absolute atomic E-state index is 13.0. The number of rotatable bonds is 3. The molecule has 3 aliphatic rings. The van der Waals surface area contributed by atoms with E-state index in [-0.39, 0.29) is 11.8 Å². The number of pyridine rings is 1. The van der Waals surface area contributed by atoms with E-state index in [0.717, 1.165) is 41.1 Å². The smallest absolute Gasteiger partial charge is 0.286 e. The average Bonchev–Trinajstić information content (AvgIpc) is 3.25. The molecule has 0 N–H and O–H groups in total. The summed E-state index contributed by atoms with van der Waals surface area (Å²) in [5, 5.41) is 1.42. The van der Waals surface area contributed by atoms with Gasteiger partial charge in [-0.2, -0.15) is 16.8 Å². The minimum absolute atomic E-state index is 0.00544. The number of hydrogen-bond acceptors (Lipinski definition) is 7. The molecule has 0 saturated carbocycles. The van der Waals surface area contributed by atoms with Crippen LogP contribution in [0.4, 0.5) is 5.82 Å². The van der Waals surface area contributed by atoms with Crippen LogP contribution in [-0.2, 0) is 4.79 Å². The molecular formula is C24H24ClN5O2S2. The molecule has 2 amide bonds. The van der Waals surface area contributed by atoms with Gasteiger partial charge in [-0.3, -0.25) is 9.59 Å². The Labute approximate surface area is 212 Å². The van der Waals surface area contributed by atoms with Crippen molar-refractivity contribution in [3.05, 3.63) is 63.6 Å². The molecule has 176 valence electrons. The fourth-order valence-corrected chi connectivity index (χ4v) is 6.18. The molecule has 2 fully saturated rings. The van der Waals surface area contributed by atoms with Crippen LogP contribution in [-0.4, -0.2) is 82.5 Å². The molecule has 0 aliphatic carbocycles. The van der Waals surface area contributed by atoms with Crippen LogP contribution in [0.3, 0.4) is 0 Å². The Morgan fingerprint density at radius 1 is 0.971 bits per heavy atom. The van der Waals surface area contributed by atoms with Crippen molar-refractivity contribution >= 4 is 64.0 Å². The van der Waals surface area contributed by atoms with Crippen molar-refractivity contribution in [2.45, 2.75) is 0 Å². The summed E-state index contributed by atoms with van der Waals surface area (Å²) in [5.41, 5.74) is 1.52. The minimum atomic E-state index is -0.191. The summed E-state index contributed by atoms with van der Waals surface area (Å²) >= 11 is 9.63. The molecule has 7 nitrogen and oxygen atoms in total. The van der Waals surface area contributed by atoms with Gasteiger partial charge in [0.1, 0.15) is 5.82 Å². The Kier molecular flexibility index (Phi) is 7.12. The van der Waals surface area contributed by atoms with E-state index in [1.807, 2.05) is 59.1 Å². The first-order chi connectivity index (χ1) is 16.6. The molecule has 0 unspecified atom stereocenters. The molecule has 2 saturated heterocycles. The van der Waals surface area contributed by atoms with E-state index in [2.05, 4.69) is 19.8 Å². The fraction of sp³-hybridized carbons (Fsp3) is 0.333. The van der Waals surface area contributed by atoms with E-state index in [9.17, 15) is 9.59 Å². The minimum Gasteiger partial charge on any atom is -0.352 e. The molecule has 0 atom stereocenters. The lowest BCUT2D eigenvalue weighted by Gasteiger charge is -2.35. The van der Waals surface area contributed by atoms with E-state index < -0.39 is 0 Å². The first-order valence-corrected chi connectivity index (χ1v) is 13.5. The van der Waals surface area contributed by atoms with Gasteiger partial charge in [-0.25, -0.2) is 4.98 Å². The van der Waals surface area contributed by atoms with Gasteiger partial charge in [0.2, 0.25) is 0 Å². The molecule has 5 rings (SSSR count). The van der Waals surface area contributed by atoms with E-state index in [1.54, 1.807) is 6.20 Å². The normalized spacial score (nSPS) is 20.1. The van der Waals surface area contributed by atoms with E-state index in [4.69, 9.17) is 11.6 Å². The largest absolute Gasteiger partial charge is 0.352 e. The number of thioether (sulfide) groups is 2. The second kappa shape index (κ2) is 10.4. The summed E-state index contributed by atoms with van der Waals surface area (Å²) in [4.78, 5) is 40.8. The Bertz CT molecular complexity index is 1140. The Morgan fingerprint density at radius 2 is 1.71 bits per heavy atom. The monoisotopic (exact) mass is 513 g/mol. The summed E-state index contributed by atoms with van der Waals surface area (Å²) < 4.78 is 0. The Morgan fingerprint density at radius 3 is 2.41 bits per heavy atom. The highest BCUT2D eigenvalue weighted by atomic mass is 35.5. The molecule has 0 bridgehead atoms. The SMILES string of the molecule is O=C1N=C(N2CCSCC2)SC1=Cc1ccc(C(=O)N2CCN(c3ncccc3Cl)CC2)cc1. The third kappa shape index (κ3) is 5.11. The second-order valence-corrected chi connectivity index (χ2v) is 10.8. The summed E-state index contributed by atoms with van der Waals surface area (Å²) in [6, 6.07) is 11.1. The highest BCUT2D eigenvalue weighted by Crippen LogP contribution is 2.31. The molecule has 1 aromatic heterocycles. The number of carbonyl (C=O) groups excluding carboxylic acids is 2. The lowest BCUT2D eigenvalue weighted by Crippen LogP contribution is -2.49. The van der Waals surface area contributed by atoms with E-state index in [1.165, 1.54) is 11.8 Å². The van der Waals surface area contributed by atoms with Crippen molar-refractivity contribution in [1.82, 2.24) is 14.8 Å². The number of amides is 2. The van der Waals surface area contributed by atoms with Crippen molar-refractivity contribution in [3.63, 3.8) is 0 Å². The lowest BCUT2D eigenvalue weighted by molar-refractivity contribution is -0.113. The number of carbonyl (C=O) groups is 2. The first-order valence-electron chi connectivity index (χ1n) is 11.2. The van der Waals surface area contributed by atoms with Crippen LogP contribution in [0, 0.1) is 0 Å². The lowest BCUT2D eigenvalue weighted by atomic mass is 10.1. The molecular weight excluding hydrogens is 490 g/mol. The number of anilines is 1. The van der Waals surface area contributed by atoms with Crippen LogP contribution in [0.2, 0.25) is 5.02 Å². The molecule has 10 heteroatoms. The van der Waals surface area contributed by atoms with Gasteiger partial charge in [-0.05, 0) is 47.7 Å². The van der Waals surface area contributed by atoms with Gasteiger partial charge in [0.25, 0.3) is 11.8 Å². The Hall–Kier alpha value is -2.49. The van der Waals surface area contributed by atoms with Crippen LogP contribution < -0.4 is 4.90 Å². The zero-order chi connectivity index (χ0) is 23.5. The summed E-state index contributed by atoms with van der Waals surface area (Å²) in [6.45, 7) is 4.44. The van der Waals surface area contributed by atoms with Gasteiger partial charge in [-0.15, -0.1) is 0 Å². The average molecular weight is 514 g/mol. The number of benzene rings is 1. The topological polar surface area (TPSA) is 69.1 Å². The van der Waals surface area contributed by atoms with Crippen molar-refractivity contribution in [2.75, 3.05) is 55.7 Å². The zero-order valence-corrected chi connectivity index (χ0v) is 20.9. The maximum Gasteiger partial charge on any atom is 0.286 e. The number of hydrogen-bond donors (Lipinski definition) is 0. The van der Waals surface area contributed by atoms with E-state index in [0.29, 0.717) is 41.7 Å². The van der Waals surface area contributed by atoms with Gasteiger partial charge in [-0.1, -0.05) is 23.7 Å². The van der Waals surface area contributed by atoms with Gasteiger partial charge >= 0.3 is 0 Å². The third-order valence-electron chi connectivity index (χ3n) is 5.95. The van der Waals surface area contributed by atoms with E-state index >= 15 is 0 Å². The fourth-order valence-electron chi connectivity index (χ4n) is 4.08. The number of halogens is 1. The Balaban J connectivity index is 1.19. The predicted octanol–water partition coefficient (Wildman–Crippen LogP) is 3.72. The van der Waals surface area contributed by atoms with Crippen molar-refractivity contribution in [1.29, 1.82) is 0 Å². The molecule has 34 heavy (non-hydrogen) atoms. The van der Waals surface area contributed by atoms with Gasteiger partial charge < -0.3 is 14.7 Å². The van der Waals surface area contributed by atoms with Crippen molar-refractivity contribution < 1.29 is 9.59 Å². The standard InChI is InChI=1S/C24H24ClN5O2S2/c25-19-2-1-7-26-21(19)28-8-10-29(11-9-28)23(32)18-5-3-17(4-6-18)16-20-22(31)27-24(34-20)30-12-14-33-15-13-30/h1-7,16H,8-15H2. The van der Waals surface area contributed by atoms with Crippen LogP contribution in [0.5, 0.6) is 0 Å². The number of piperazine rings is 1. The zero-order valence-electron chi connectivity index (χ0n) is 18.5. The molecule has 4 heterocycles. The van der Waals surface area contributed by atoms with Crippen molar-refractivity contribution in [3.8, 4) is 0 Å². The van der Waals surface area contributed by atoms with Gasteiger partial charge in [0, 0.05) is 62.5 Å². The maximum atomic E-state index is 13.0. The molecule has 3 aliphatic heterocycles.